The molecule has 74 valence electrons. The zero-order valence-corrected chi connectivity index (χ0v) is 8.71. The van der Waals surface area contributed by atoms with Gasteiger partial charge in [-0.05, 0) is 38.5 Å². The SMILES string of the molecule is CC1=CCC[C@]2(C)[C@@H](O)CCC[C@@H]12. The molecular formula is C12H20O. The Bertz CT molecular complexity index is 231. The molecule has 0 radical (unpaired) electrons. The Morgan fingerprint density at radius 3 is 2.92 bits per heavy atom. The van der Waals surface area contributed by atoms with Crippen LogP contribution >= 0.6 is 0 Å². The molecule has 2 aliphatic carbocycles. The van der Waals surface area contributed by atoms with Gasteiger partial charge in [0.25, 0.3) is 0 Å². The molecular weight excluding hydrogens is 160 g/mol. The van der Waals surface area contributed by atoms with Gasteiger partial charge in [-0.15, -0.1) is 0 Å². The minimum atomic E-state index is -0.0603. The minimum absolute atomic E-state index is 0.0603. The van der Waals surface area contributed by atoms with Crippen molar-refractivity contribution in [2.75, 3.05) is 0 Å². The average molecular weight is 180 g/mol. The van der Waals surface area contributed by atoms with Crippen LogP contribution in [0.5, 0.6) is 0 Å². The van der Waals surface area contributed by atoms with Gasteiger partial charge in [-0.2, -0.15) is 0 Å². The Balaban J connectivity index is 2.28. The highest BCUT2D eigenvalue weighted by Gasteiger charge is 2.44. The molecule has 2 rings (SSSR count). The van der Waals surface area contributed by atoms with Crippen LogP contribution in [0, 0.1) is 11.3 Å². The third-order valence-electron chi connectivity index (χ3n) is 4.23. The average Bonchev–Trinajstić information content (AvgIpc) is 2.08. The smallest absolute Gasteiger partial charge is 0.0599 e. The second-order valence-electron chi connectivity index (χ2n) is 4.99. The molecule has 1 fully saturated rings. The number of hydrogen-bond acceptors (Lipinski definition) is 1. The molecule has 0 aromatic rings. The number of hydrogen-bond donors (Lipinski definition) is 1. The van der Waals surface area contributed by atoms with Crippen LogP contribution in [0.4, 0.5) is 0 Å². The molecule has 0 amide bonds. The number of aliphatic hydroxyl groups excluding tert-OH is 1. The maximum atomic E-state index is 10.1. The highest BCUT2D eigenvalue weighted by molar-refractivity contribution is 5.15. The fourth-order valence-corrected chi connectivity index (χ4v) is 3.25. The van der Waals surface area contributed by atoms with Crippen molar-refractivity contribution < 1.29 is 5.11 Å². The lowest BCUT2D eigenvalue weighted by Crippen LogP contribution is -2.44. The van der Waals surface area contributed by atoms with Gasteiger partial charge in [0.15, 0.2) is 0 Å². The Hall–Kier alpha value is -0.300. The van der Waals surface area contributed by atoms with Crippen LogP contribution in [0.25, 0.3) is 0 Å². The lowest BCUT2D eigenvalue weighted by atomic mass is 9.59. The molecule has 0 saturated heterocycles. The monoisotopic (exact) mass is 180 g/mol. The van der Waals surface area contributed by atoms with Gasteiger partial charge in [0.05, 0.1) is 6.10 Å². The van der Waals surface area contributed by atoms with Crippen molar-refractivity contribution in [1.82, 2.24) is 0 Å². The topological polar surface area (TPSA) is 20.2 Å². The first-order chi connectivity index (χ1) is 6.14. The van der Waals surface area contributed by atoms with E-state index in [4.69, 9.17) is 0 Å². The fourth-order valence-electron chi connectivity index (χ4n) is 3.25. The molecule has 0 aliphatic heterocycles. The summed E-state index contributed by atoms with van der Waals surface area (Å²) >= 11 is 0. The summed E-state index contributed by atoms with van der Waals surface area (Å²) in [6.07, 6.45) is 8.15. The zero-order valence-electron chi connectivity index (χ0n) is 8.71. The number of aliphatic hydroxyl groups is 1. The van der Waals surface area contributed by atoms with Gasteiger partial charge < -0.3 is 5.11 Å². The third-order valence-corrected chi connectivity index (χ3v) is 4.23. The second-order valence-corrected chi connectivity index (χ2v) is 4.99. The number of rotatable bonds is 0. The van der Waals surface area contributed by atoms with Gasteiger partial charge >= 0.3 is 0 Å². The Morgan fingerprint density at radius 2 is 2.23 bits per heavy atom. The van der Waals surface area contributed by atoms with Crippen LogP contribution in [0.15, 0.2) is 11.6 Å². The molecule has 0 unspecified atom stereocenters. The first-order valence-electron chi connectivity index (χ1n) is 5.49. The van der Waals surface area contributed by atoms with E-state index in [-0.39, 0.29) is 11.5 Å². The van der Waals surface area contributed by atoms with Gasteiger partial charge in [-0.3, -0.25) is 0 Å². The number of allylic oxidation sites excluding steroid dienone is 2. The van der Waals surface area contributed by atoms with E-state index in [0.29, 0.717) is 5.92 Å². The van der Waals surface area contributed by atoms with Crippen LogP contribution in [0.3, 0.4) is 0 Å². The predicted molar refractivity (Wildman–Crippen MR) is 54.4 cm³/mol. The van der Waals surface area contributed by atoms with Crippen LogP contribution < -0.4 is 0 Å². The molecule has 0 aromatic carbocycles. The van der Waals surface area contributed by atoms with E-state index >= 15 is 0 Å². The van der Waals surface area contributed by atoms with E-state index in [9.17, 15) is 5.11 Å². The largest absolute Gasteiger partial charge is 0.393 e. The Labute approximate surface area is 80.8 Å². The van der Waals surface area contributed by atoms with Crippen molar-refractivity contribution in [1.29, 1.82) is 0 Å². The van der Waals surface area contributed by atoms with Crippen molar-refractivity contribution in [2.45, 2.75) is 52.1 Å². The summed E-state index contributed by atoms with van der Waals surface area (Å²) in [5.74, 6) is 0.657. The van der Waals surface area contributed by atoms with Gasteiger partial charge in [-0.25, -0.2) is 0 Å². The zero-order chi connectivity index (χ0) is 9.47. The maximum absolute atomic E-state index is 10.1. The van der Waals surface area contributed by atoms with E-state index < -0.39 is 0 Å². The molecule has 1 nitrogen and oxygen atoms in total. The summed E-state index contributed by atoms with van der Waals surface area (Å²) in [7, 11) is 0. The van der Waals surface area contributed by atoms with E-state index in [1.165, 1.54) is 24.8 Å². The summed E-state index contributed by atoms with van der Waals surface area (Å²) in [6.45, 7) is 4.51. The summed E-state index contributed by atoms with van der Waals surface area (Å²) < 4.78 is 0. The molecule has 1 N–H and O–H groups in total. The quantitative estimate of drug-likeness (QED) is 0.568. The van der Waals surface area contributed by atoms with Crippen LogP contribution in [0.2, 0.25) is 0 Å². The van der Waals surface area contributed by atoms with Gasteiger partial charge in [-0.1, -0.05) is 25.0 Å². The lowest BCUT2D eigenvalue weighted by Gasteiger charge is -2.48. The summed E-state index contributed by atoms with van der Waals surface area (Å²) in [5.41, 5.74) is 1.71. The van der Waals surface area contributed by atoms with Crippen molar-refractivity contribution >= 4 is 0 Å². The van der Waals surface area contributed by atoms with Gasteiger partial charge in [0, 0.05) is 5.41 Å². The molecule has 0 heterocycles. The highest BCUT2D eigenvalue weighted by Crippen LogP contribution is 2.50. The lowest BCUT2D eigenvalue weighted by molar-refractivity contribution is -0.0392. The van der Waals surface area contributed by atoms with Crippen LogP contribution in [0.1, 0.15) is 46.0 Å². The van der Waals surface area contributed by atoms with E-state index in [0.717, 1.165) is 12.8 Å². The maximum Gasteiger partial charge on any atom is 0.0599 e. The summed E-state index contributed by atoms with van der Waals surface area (Å²) in [6, 6.07) is 0. The van der Waals surface area contributed by atoms with Crippen molar-refractivity contribution in [3.05, 3.63) is 11.6 Å². The van der Waals surface area contributed by atoms with Crippen molar-refractivity contribution in [3.63, 3.8) is 0 Å². The van der Waals surface area contributed by atoms with Crippen LogP contribution in [-0.2, 0) is 0 Å². The van der Waals surface area contributed by atoms with E-state index in [1.807, 2.05) is 0 Å². The van der Waals surface area contributed by atoms with Crippen molar-refractivity contribution in [2.24, 2.45) is 11.3 Å². The van der Waals surface area contributed by atoms with Crippen molar-refractivity contribution in [3.8, 4) is 0 Å². The first-order valence-corrected chi connectivity index (χ1v) is 5.49. The summed E-state index contributed by atoms with van der Waals surface area (Å²) in [5, 5.41) is 10.1. The molecule has 0 bridgehead atoms. The van der Waals surface area contributed by atoms with Crippen LogP contribution in [-0.4, -0.2) is 11.2 Å². The third kappa shape index (κ3) is 1.34. The summed E-state index contributed by atoms with van der Waals surface area (Å²) in [4.78, 5) is 0. The molecule has 1 saturated carbocycles. The predicted octanol–water partition coefficient (Wildman–Crippen LogP) is 2.89. The normalized spacial score (nSPS) is 45.3. The molecule has 3 atom stereocenters. The molecule has 0 aromatic heterocycles. The highest BCUT2D eigenvalue weighted by atomic mass is 16.3. The molecule has 13 heavy (non-hydrogen) atoms. The van der Waals surface area contributed by atoms with E-state index in [1.54, 1.807) is 0 Å². The fraction of sp³-hybridized carbons (Fsp3) is 0.833. The van der Waals surface area contributed by atoms with Gasteiger partial charge in [0.1, 0.15) is 0 Å². The standard InChI is InChI=1S/C12H20O/c1-9-5-4-8-12(2)10(9)6-3-7-11(12)13/h5,10-11,13H,3-4,6-8H2,1-2H3/t10-,11-,12-/m0/s1. The molecule has 0 spiro atoms. The number of fused-ring (bicyclic) bond motifs is 1. The first kappa shape index (κ1) is 9.26. The Morgan fingerprint density at radius 1 is 1.46 bits per heavy atom. The van der Waals surface area contributed by atoms with Gasteiger partial charge in [0.2, 0.25) is 0 Å². The van der Waals surface area contributed by atoms with E-state index in [2.05, 4.69) is 19.9 Å². The molecule has 1 heteroatoms. The minimum Gasteiger partial charge on any atom is -0.393 e. The molecule has 2 aliphatic rings. The second kappa shape index (κ2) is 3.13. The Kier molecular flexibility index (Phi) is 2.23.